The van der Waals surface area contributed by atoms with Crippen molar-refractivity contribution >= 4 is 17.0 Å². The zero-order valence-corrected chi connectivity index (χ0v) is 10.1. The molecule has 2 aromatic heterocycles. The van der Waals surface area contributed by atoms with Crippen LogP contribution in [-0.4, -0.2) is 35.1 Å². The third-order valence-corrected chi connectivity index (χ3v) is 2.52. The van der Waals surface area contributed by atoms with Gasteiger partial charge in [-0.1, -0.05) is 6.92 Å². The Morgan fingerprint density at radius 1 is 1.18 bits per heavy atom. The summed E-state index contributed by atoms with van der Waals surface area (Å²) in [5, 5.41) is 6.45. The summed E-state index contributed by atoms with van der Waals surface area (Å²) in [6.07, 6.45) is 3.33. The van der Waals surface area contributed by atoms with Gasteiger partial charge in [-0.3, -0.25) is 4.98 Å². The maximum atomic E-state index is 4.40. The zero-order chi connectivity index (χ0) is 12.1. The van der Waals surface area contributed by atoms with Crippen molar-refractivity contribution in [3.63, 3.8) is 0 Å². The molecule has 5 heteroatoms. The number of pyridine rings is 1. The van der Waals surface area contributed by atoms with Crippen molar-refractivity contribution < 1.29 is 0 Å². The Kier molecular flexibility index (Phi) is 3.82. The van der Waals surface area contributed by atoms with Crippen LogP contribution in [0.5, 0.6) is 0 Å². The van der Waals surface area contributed by atoms with E-state index in [9.17, 15) is 0 Å². The first-order valence-corrected chi connectivity index (χ1v) is 5.76. The zero-order valence-electron chi connectivity index (χ0n) is 10.1. The second kappa shape index (κ2) is 5.54. The fourth-order valence-corrected chi connectivity index (χ4v) is 1.65. The Bertz CT molecular complexity index is 485. The molecule has 1 atom stereocenters. The standard InChI is InChI=1S/C12H17N5/c1-9(7-13-2)8-16-11-4-3-10-12(17-11)15-6-5-14-10/h3-6,9,13H,7-8H2,1-2H3,(H,15,16,17). The monoisotopic (exact) mass is 231 g/mol. The van der Waals surface area contributed by atoms with Crippen molar-refractivity contribution in [2.75, 3.05) is 25.5 Å². The van der Waals surface area contributed by atoms with E-state index in [-0.39, 0.29) is 0 Å². The number of nitrogens with zero attached hydrogens (tertiary/aromatic N) is 3. The van der Waals surface area contributed by atoms with Gasteiger partial charge in [0, 0.05) is 18.9 Å². The van der Waals surface area contributed by atoms with Crippen LogP contribution in [0.25, 0.3) is 11.2 Å². The van der Waals surface area contributed by atoms with Gasteiger partial charge < -0.3 is 10.6 Å². The minimum atomic E-state index is 0.555. The number of hydrogen-bond donors (Lipinski definition) is 2. The lowest BCUT2D eigenvalue weighted by molar-refractivity contribution is 0.569. The molecule has 0 aliphatic carbocycles. The van der Waals surface area contributed by atoms with Crippen molar-refractivity contribution in [2.24, 2.45) is 5.92 Å². The molecule has 2 heterocycles. The number of rotatable bonds is 5. The summed E-state index contributed by atoms with van der Waals surface area (Å²) in [6, 6.07) is 3.86. The number of fused-ring (bicyclic) bond motifs is 1. The van der Waals surface area contributed by atoms with Crippen molar-refractivity contribution in [3.05, 3.63) is 24.5 Å². The summed E-state index contributed by atoms with van der Waals surface area (Å²) >= 11 is 0. The van der Waals surface area contributed by atoms with Crippen molar-refractivity contribution in [2.45, 2.75) is 6.92 Å². The van der Waals surface area contributed by atoms with Crippen LogP contribution in [0, 0.1) is 5.92 Å². The lowest BCUT2D eigenvalue weighted by Gasteiger charge is -2.12. The van der Waals surface area contributed by atoms with Gasteiger partial charge in [-0.05, 0) is 31.6 Å². The van der Waals surface area contributed by atoms with E-state index in [0.29, 0.717) is 11.6 Å². The van der Waals surface area contributed by atoms with Gasteiger partial charge >= 0.3 is 0 Å². The number of anilines is 1. The summed E-state index contributed by atoms with van der Waals surface area (Å²) in [7, 11) is 1.96. The Hall–Kier alpha value is -1.75. The molecule has 0 spiro atoms. The summed E-state index contributed by atoms with van der Waals surface area (Å²) in [6.45, 7) is 4.06. The molecule has 2 aromatic rings. The first kappa shape index (κ1) is 11.7. The molecule has 0 aliphatic heterocycles. The van der Waals surface area contributed by atoms with Crippen LogP contribution in [0.2, 0.25) is 0 Å². The fraction of sp³-hybridized carbons (Fsp3) is 0.417. The predicted octanol–water partition coefficient (Wildman–Crippen LogP) is 1.29. The smallest absolute Gasteiger partial charge is 0.180 e. The van der Waals surface area contributed by atoms with E-state index >= 15 is 0 Å². The Labute approximate surface area is 101 Å². The van der Waals surface area contributed by atoms with Gasteiger partial charge in [0.2, 0.25) is 0 Å². The summed E-state index contributed by atoms with van der Waals surface area (Å²) < 4.78 is 0. The maximum absolute atomic E-state index is 4.40. The van der Waals surface area contributed by atoms with E-state index < -0.39 is 0 Å². The predicted molar refractivity (Wildman–Crippen MR) is 68.9 cm³/mol. The van der Waals surface area contributed by atoms with Gasteiger partial charge in [0.15, 0.2) is 5.65 Å². The second-order valence-corrected chi connectivity index (χ2v) is 4.14. The Balaban J connectivity index is 2.04. The highest BCUT2D eigenvalue weighted by Gasteiger charge is 2.02. The molecule has 0 radical (unpaired) electrons. The van der Waals surface area contributed by atoms with Crippen LogP contribution >= 0.6 is 0 Å². The molecule has 0 aromatic carbocycles. The van der Waals surface area contributed by atoms with Crippen LogP contribution in [0.15, 0.2) is 24.5 Å². The molecule has 0 amide bonds. The summed E-state index contributed by atoms with van der Waals surface area (Å²) in [4.78, 5) is 12.8. The quantitative estimate of drug-likeness (QED) is 0.812. The molecule has 2 N–H and O–H groups in total. The summed E-state index contributed by atoms with van der Waals surface area (Å²) in [5.74, 6) is 1.40. The number of aromatic nitrogens is 3. The van der Waals surface area contributed by atoms with Crippen molar-refractivity contribution in [1.29, 1.82) is 0 Å². The third-order valence-electron chi connectivity index (χ3n) is 2.52. The van der Waals surface area contributed by atoms with Crippen LogP contribution in [-0.2, 0) is 0 Å². The lowest BCUT2D eigenvalue weighted by atomic mass is 10.2. The van der Waals surface area contributed by atoms with E-state index in [0.717, 1.165) is 24.4 Å². The molecule has 0 bridgehead atoms. The van der Waals surface area contributed by atoms with Crippen LogP contribution in [0.4, 0.5) is 5.82 Å². The average molecular weight is 231 g/mol. The van der Waals surface area contributed by atoms with E-state index in [4.69, 9.17) is 0 Å². The van der Waals surface area contributed by atoms with Gasteiger partial charge in [-0.2, -0.15) is 0 Å². The average Bonchev–Trinajstić information content (AvgIpc) is 2.36. The van der Waals surface area contributed by atoms with Gasteiger partial charge in [0.1, 0.15) is 11.3 Å². The third kappa shape index (κ3) is 3.10. The highest BCUT2D eigenvalue weighted by molar-refractivity contribution is 5.71. The molecule has 0 saturated carbocycles. The largest absolute Gasteiger partial charge is 0.370 e. The molecule has 90 valence electrons. The normalized spacial score (nSPS) is 12.6. The maximum Gasteiger partial charge on any atom is 0.180 e. The van der Waals surface area contributed by atoms with Crippen LogP contribution in [0.3, 0.4) is 0 Å². The minimum Gasteiger partial charge on any atom is -0.370 e. The molecule has 0 fully saturated rings. The molecule has 0 saturated heterocycles. The van der Waals surface area contributed by atoms with Crippen molar-refractivity contribution in [1.82, 2.24) is 20.3 Å². The van der Waals surface area contributed by atoms with E-state index in [1.807, 2.05) is 19.2 Å². The topological polar surface area (TPSA) is 62.7 Å². The Morgan fingerprint density at radius 2 is 2.00 bits per heavy atom. The fourth-order valence-electron chi connectivity index (χ4n) is 1.65. The highest BCUT2D eigenvalue weighted by atomic mass is 15.0. The molecule has 1 unspecified atom stereocenters. The molecular formula is C12H17N5. The Morgan fingerprint density at radius 3 is 2.82 bits per heavy atom. The molecule has 5 nitrogen and oxygen atoms in total. The van der Waals surface area contributed by atoms with Gasteiger partial charge in [0.25, 0.3) is 0 Å². The van der Waals surface area contributed by atoms with Crippen molar-refractivity contribution in [3.8, 4) is 0 Å². The summed E-state index contributed by atoms with van der Waals surface area (Å²) in [5.41, 5.74) is 1.50. The number of hydrogen-bond acceptors (Lipinski definition) is 5. The van der Waals surface area contributed by atoms with E-state index in [1.54, 1.807) is 12.4 Å². The van der Waals surface area contributed by atoms with Gasteiger partial charge in [0.05, 0.1) is 0 Å². The van der Waals surface area contributed by atoms with E-state index in [2.05, 4.69) is 32.5 Å². The first-order valence-electron chi connectivity index (χ1n) is 5.76. The SMILES string of the molecule is CNCC(C)CNc1ccc2nccnc2n1. The molecular weight excluding hydrogens is 214 g/mol. The minimum absolute atomic E-state index is 0.555. The van der Waals surface area contributed by atoms with Crippen LogP contribution < -0.4 is 10.6 Å². The lowest BCUT2D eigenvalue weighted by Crippen LogP contribution is -2.23. The van der Waals surface area contributed by atoms with E-state index in [1.165, 1.54) is 0 Å². The first-order chi connectivity index (χ1) is 8.29. The second-order valence-electron chi connectivity index (χ2n) is 4.14. The number of nitrogens with one attached hydrogen (secondary N) is 2. The molecule has 0 aliphatic rings. The van der Waals surface area contributed by atoms with Gasteiger partial charge in [-0.15, -0.1) is 0 Å². The molecule has 17 heavy (non-hydrogen) atoms. The highest BCUT2D eigenvalue weighted by Crippen LogP contribution is 2.10. The van der Waals surface area contributed by atoms with Gasteiger partial charge in [-0.25, -0.2) is 9.97 Å². The molecule has 2 rings (SSSR count). The van der Waals surface area contributed by atoms with Crippen LogP contribution in [0.1, 0.15) is 6.92 Å².